The van der Waals surface area contributed by atoms with Gasteiger partial charge >= 0.3 is 0 Å². The zero-order chi connectivity index (χ0) is 18.1. The fraction of sp³-hybridized carbons (Fsp3) is 0.235. The fourth-order valence-electron chi connectivity index (χ4n) is 3.08. The lowest BCUT2D eigenvalue weighted by Crippen LogP contribution is -2.06. The number of halogens is 2. The third kappa shape index (κ3) is 3.58. The van der Waals surface area contributed by atoms with E-state index in [1.807, 2.05) is 19.7 Å². The van der Waals surface area contributed by atoms with Crippen LogP contribution in [0.2, 0.25) is 0 Å². The number of benzene rings is 1. The summed E-state index contributed by atoms with van der Waals surface area (Å²) < 4.78 is 17.9. The van der Waals surface area contributed by atoms with Gasteiger partial charge in [-0.15, -0.1) is 0 Å². The SMILES string of the molecule is Fc1ccc2c(Cc3n[nH]c(=S)n3CCCc3cn(I)cn3)c[nH]c2c1. The molecule has 0 atom stereocenters. The van der Waals surface area contributed by atoms with Crippen molar-refractivity contribution in [3.8, 4) is 0 Å². The fourth-order valence-corrected chi connectivity index (χ4v) is 3.77. The number of imidazole rings is 1. The number of hydrogen-bond donors (Lipinski definition) is 2. The van der Waals surface area contributed by atoms with Gasteiger partial charge in [0.25, 0.3) is 0 Å². The van der Waals surface area contributed by atoms with Crippen LogP contribution in [-0.2, 0) is 19.4 Å². The molecular weight excluding hydrogens is 466 g/mol. The van der Waals surface area contributed by atoms with Crippen molar-refractivity contribution in [1.29, 1.82) is 0 Å². The molecule has 6 nitrogen and oxygen atoms in total. The molecule has 4 aromatic rings. The van der Waals surface area contributed by atoms with E-state index < -0.39 is 0 Å². The number of H-pyrrole nitrogens is 2. The van der Waals surface area contributed by atoms with Crippen molar-refractivity contribution < 1.29 is 4.39 Å². The monoisotopic (exact) mass is 482 g/mol. The summed E-state index contributed by atoms with van der Waals surface area (Å²) in [6, 6.07) is 4.77. The molecule has 0 aliphatic heterocycles. The smallest absolute Gasteiger partial charge is 0.195 e. The molecule has 3 aromatic heterocycles. The van der Waals surface area contributed by atoms with Gasteiger partial charge in [-0.05, 0) is 48.8 Å². The van der Waals surface area contributed by atoms with E-state index in [9.17, 15) is 4.39 Å². The van der Waals surface area contributed by atoms with Crippen LogP contribution in [0.15, 0.2) is 36.9 Å². The lowest BCUT2D eigenvalue weighted by atomic mass is 10.1. The third-order valence-electron chi connectivity index (χ3n) is 4.34. The number of fused-ring (bicyclic) bond motifs is 1. The second kappa shape index (κ2) is 7.31. The Morgan fingerprint density at radius 2 is 2.19 bits per heavy atom. The minimum Gasteiger partial charge on any atom is -0.361 e. The van der Waals surface area contributed by atoms with Crippen LogP contribution < -0.4 is 0 Å². The maximum Gasteiger partial charge on any atom is 0.195 e. The van der Waals surface area contributed by atoms with Crippen LogP contribution in [-0.4, -0.2) is 27.5 Å². The van der Waals surface area contributed by atoms with E-state index in [0.717, 1.165) is 47.4 Å². The molecule has 3 heterocycles. The van der Waals surface area contributed by atoms with E-state index in [4.69, 9.17) is 12.2 Å². The molecular formula is C17H16FIN6S. The molecule has 0 bridgehead atoms. The topological polar surface area (TPSA) is 67.2 Å². The maximum absolute atomic E-state index is 13.4. The molecule has 134 valence electrons. The second-order valence-corrected chi connectivity index (χ2v) is 7.59. The van der Waals surface area contributed by atoms with E-state index in [1.165, 1.54) is 12.1 Å². The van der Waals surface area contributed by atoms with Crippen LogP contribution in [0.3, 0.4) is 0 Å². The molecule has 9 heteroatoms. The molecule has 26 heavy (non-hydrogen) atoms. The van der Waals surface area contributed by atoms with Gasteiger partial charge in [0.15, 0.2) is 4.77 Å². The summed E-state index contributed by atoms with van der Waals surface area (Å²) in [4.78, 5) is 7.46. The van der Waals surface area contributed by atoms with E-state index in [2.05, 4.69) is 43.0 Å². The van der Waals surface area contributed by atoms with Crippen molar-refractivity contribution >= 4 is 46.0 Å². The minimum atomic E-state index is -0.248. The normalized spacial score (nSPS) is 11.5. The summed E-state index contributed by atoms with van der Waals surface area (Å²) in [6.45, 7) is 0.774. The maximum atomic E-state index is 13.4. The van der Waals surface area contributed by atoms with Crippen molar-refractivity contribution in [3.63, 3.8) is 0 Å². The average molecular weight is 482 g/mol. The molecule has 0 saturated heterocycles. The number of nitrogens with zero attached hydrogens (tertiary/aromatic N) is 4. The Morgan fingerprint density at radius 1 is 1.31 bits per heavy atom. The molecule has 0 radical (unpaired) electrons. The summed E-state index contributed by atoms with van der Waals surface area (Å²) in [5, 5.41) is 8.27. The van der Waals surface area contributed by atoms with Crippen molar-refractivity contribution in [1.82, 2.24) is 27.5 Å². The van der Waals surface area contributed by atoms with Crippen LogP contribution in [0.25, 0.3) is 10.9 Å². The Kier molecular flexibility index (Phi) is 4.90. The number of nitrogens with one attached hydrogen (secondary N) is 2. The summed E-state index contributed by atoms with van der Waals surface area (Å²) in [5.41, 5.74) is 2.92. The van der Waals surface area contributed by atoms with Gasteiger partial charge in [-0.2, -0.15) is 5.10 Å². The van der Waals surface area contributed by atoms with E-state index in [-0.39, 0.29) is 5.82 Å². The Balaban J connectivity index is 1.51. The lowest BCUT2D eigenvalue weighted by Gasteiger charge is -2.06. The van der Waals surface area contributed by atoms with Crippen LogP contribution in [0, 0.1) is 10.6 Å². The van der Waals surface area contributed by atoms with Gasteiger partial charge in [0.1, 0.15) is 18.0 Å². The summed E-state index contributed by atoms with van der Waals surface area (Å²) >= 11 is 7.57. The largest absolute Gasteiger partial charge is 0.361 e. The molecule has 0 fully saturated rings. The Morgan fingerprint density at radius 3 is 3.00 bits per heavy atom. The molecule has 0 saturated carbocycles. The average Bonchev–Trinajstić information content (AvgIpc) is 3.30. The van der Waals surface area contributed by atoms with Crippen LogP contribution in [0.5, 0.6) is 0 Å². The number of aromatic nitrogens is 6. The van der Waals surface area contributed by atoms with Gasteiger partial charge < -0.3 is 9.55 Å². The first-order valence-corrected chi connectivity index (χ1v) is 9.56. The predicted octanol–water partition coefficient (Wildman–Crippen LogP) is 4.18. The number of aryl methyl sites for hydroxylation is 1. The Labute approximate surface area is 168 Å². The van der Waals surface area contributed by atoms with Crippen LogP contribution in [0.4, 0.5) is 4.39 Å². The first-order chi connectivity index (χ1) is 12.6. The van der Waals surface area contributed by atoms with E-state index in [1.54, 1.807) is 12.4 Å². The summed E-state index contributed by atoms with van der Waals surface area (Å²) in [7, 11) is 0. The highest BCUT2D eigenvalue weighted by molar-refractivity contribution is 14.1. The highest BCUT2D eigenvalue weighted by Crippen LogP contribution is 2.21. The van der Waals surface area contributed by atoms with Crippen LogP contribution >= 0.6 is 35.1 Å². The quantitative estimate of drug-likeness (QED) is 0.320. The zero-order valence-corrected chi connectivity index (χ0v) is 16.7. The standard InChI is InChI=1S/C17H16FIN6S/c18-12-3-4-14-11(8-20-15(14)7-12)6-16-22-23-17(26)25(16)5-1-2-13-9-24(19)10-21-13/h3-4,7-10,20H,1-2,5-6H2,(H,23,26). The molecule has 4 rings (SSSR count). The molecule has 0 unspecified atom stereocenters. The molecule has 0 aliphatic carbocycles. The molecule has 2 N–H and O–H groups in total. The second-order valence-electron chi connectivity index (χ2n) is 6.09. The number of aromatic amines is 2. The van der Waals surface area contributed by atoms with Gasteiger partial charge in [-0.3, -0.25) is 7.88 Å². The summed E-state index contributed by atoms with van der Waals surface area (Å²) in [6.07, 6.45) is 8.15. The number of hydrogen-bond acceptors (Lipinski definition) is 3. The highest BCUT2D eigenvalue weighted by Gasteiger charge is 2.11. The third-order valence-corrected chi connectivity index (χ3v) is 5.18. The van der Waals surface area contributed by atoms with Crippen molar-refractivity contribution in [2.24, 2.45) is 0 Å². The molecule has 0 spiro atoms. The minimum absolute atomic E-state index is 0.248. The van der Waals surface area contributed by atoms with E-state index >= 15 is 0 Å². The Bertz CT molecular complexity index is 1110. The van der Waals surface area contributed by atoms with Gasteiger partial charge in [0, 0.05) is 36.3 Å². The first-order valence-electron chi connectivity index (χ1n) is 8.19. The van der Waals surface area contributed by atoms with Crippen molar-refractivity contribution in [2.45, 2.75) is 25.8 Å². The van der Waals surface area contributed by atoms with Gasteiger partial charge in [0.05, 0.1) is 28.6 Å². The van der Waals surface area contributed by atoms with Crippen LogP contribution in [0.1, 0.15) is 23.5 Å². The molecule has 1 aromatic carbocycles. The predicted molar refractivity (Wildman–Crippen MR) is 108 cm³/mol. The highest BCUT2D eigenvalue weighted by atomic mass is 127. The first kappa shape index (κ1) is 17.4. The molecule has 0 amide bonds. The Hall–Kier alpha value is -2.01. The zero-order valence-electron chi connectivity index (χ0n) is 13.7. The van der Waals surface area contributed by atoms with Gasteiger partial charge in [-0.1, -0.05) is 0 Å². The summed E-state index contributed by atoms with van der Waals surface area (Å²) in [5.74, 6) is 0.627. The number of rotatable bonds is 6. The van der Waals surface area contributed by atoms with Gasteiger partial charge in [0.2, 0.25) is 0 Å². The lowest BCUT2D eigenvalue weighted by molar-refractivity contribution is 0.608. The van der Waals surface area contributed by atoms with E-state index in [0.29, 0.717) is 11.2 Å². The van der Waals surface area contributed by atoms with Crippen molar-refractivity contribution in [3.05, 3.63) is 64.6 Å². The van der Waals surface area contributed by atoms with Crippen molar-refractivity contribution in [2.75, 3.05) is 0 Å². The van der Waals surface area contributed by atoms with Gasteiger partial charge in [-0.25, -0.2) is 9.37 Å². The molecule has 0 aliphatic rings.